The normalized spacial score (nSPS) is 19.2. The molecule has 3 rings (SSSR count). The summed E-state index contributed by atoms with van der Waals surface area (Å²) in [6.45, 7) is 4.95. The Hall–Kier alpha value is -4.15. The number of nitrogens with zero attached hydrogens (tertiary/aromatic N) is 6. The Labute approximate surface area is 219 Å². The predicted octanol–water partition coefficient (Wildman–Crippen LogP) is 1.16. The molecule has 202 valence electrons. The number of rotatable bonds is 8. The minimum absolute atomic E-state index is 0.140. The molecule has 13 heteroatoms. The van der Waals surface area contributed by atoms with E-state index in [1.807, 2.05) is 26.8 Å². The number of aromatic nitrogens is 3. The van der Waals surface area contributed by atoms with Gasteiger partial charge in [0, 0.05) is 30.9 Å². The number of aliphatic hydroxyl groups excluding tert-OH is 2. The third-order valence-corrected chi connectivity index (χ3v) is 5.49. The lowest BCUT2D eigenvalue weighted by atomic mass is 10.0. The summed E-state index contributed by atoms with van der Waals surface area (Å²) in [4.78, 5) is 30.2. The first-order valence-electron chi connectivity index (χ1n) is 11.9. The van der Waals surface area contributed by atoms with Gasteiger partial charge in [0.15, 0.2) is 18.1 Å². The van der Waals surface area contributed by atoms with Gasteiger partial charge in [-0.2, -0.15) is 10.2 Å². The van der Waals surface area contributed by atoms with Crippen molar-refractivity contribution in [2.75, 3.05) is 25.0 Å². The number of likely N-dealkylation sites (tertiary alicyclic amines) is 1. The van der Waals surface area contributed by atoms with Crippen LogP contribution in [-0.2, 0) is 4.79 Å². The summed E-state index contributed by atoms with van der Waals surface area (Å²) in [7, 11) is 0. The smallest absolute Gasteiger partial charge is 0.253 e. The molecule has 3 atom stereocenters. The van der Waals surface area contributed by atoms with Crippen molar-refractivity contribution in [3.63, 3.8) is 0 Å². The number of nitriles is 1. The van der Waals surface area contributed by atoms with Crippen molar-refractivity contribution in [1.29, 1.82) is 5.26 Å². The maximum Gasteiger partial charge on any atom is 0.253 e. The van der Waals surface area contributed by atoms with Crippen molar-refractivity contribution < 1.29 is 24.1 Å². The molecule has 1 aromatic heterocycles. The number of amides is 1. The Morgan fingerprint density at radius 2 is 2.21 bits per heavy atom. The molecule has 1 saturated heterocycles. The van der Waals surface area contributed by atoms with E-state index >= 15 is 0 Å². The van der Waals surface area contributed by atoms with E-state index in [2.05, 4.69) is 25.3 Å². The quantitative estimate of drug-likeness (QED) is 0.364. The molecule has 38 heavy (non-hydrogen) atoms. The lowest BCUT2D eigenvalue weighted by molar-refractivity contribution is -0.146. The predicted molar refractivity (Wildman–Crippen MR) is 138 cm³/mol. The van der Waals surface area contributed by atoms with E-state index in [0.29, 0.717) is 11.3 Å². The molecule has 1 amide bonds. The molecule has 0 aliphatic carbocycles. The monoisotopic (exact) mass is 526 g/mol. The van der Waals surface area contributed by atoms with Crippen LogP contribution < -0.4 is 15.8 Å². The topological polar surface area (TPSA) is 183 Å². The van der Waals surface area contributed by atoms with Crippen LogP contribution in [0.4, 0.5) is 10.3 Å². The van der Waals surface area contributed by atoms with E-state index in [9.17, 15) is 19.6 Å². The molecule has 0 bridgehead atoms. The molecule has 1 fully saturated rings. The number of nitrogens with one attached hydrogen (secondary N) is 1. The zero-order valence-electron chi connectivity index (χ0n) is 21.4. The Bertz CT molecular complexity index is 1240. The lowest BCUT2D eigenvalue weighted by Crippen LogP contribution is -2.52. The first kappa shape index (κ1) is 28.4. The largest absolute Gasteiger partial charge is 0.486 e. The molecule has 1 aliphatic heterocycles. The van der Waals surface area contributed by atoms with E-state index in [0.717, 1.165) is 4.90 Å². The second-order valence-electron chi connectivity index (χ2n) is 9.58. The number of piperidine rings is 1. The van der Waals surface area contributed by atoms with Crippen LogP contribution in [0.15, 0.2) is 41.4 Å². The van der Waals surface area contributed by atoms with Crippen LogP contribution in [0.3, 0.4) is 0 Å². The van der Waals surface area contributed by atoms with Crippen molar-refractivity contribution in [3.05, 3.63) is 42.0 Å². The van der Waals surface area contributed by atoms with Gasteiger partial charge in [0.2, 0.25) is 5.95 Å². The number of hydrogen-bond donors (Lipinski definition) is 4. The number of carbonyl (C=O) groups is 1. The number of hydrogen-bond acceptors (Lipinski definition) is 11. The van der Waals surface area contributed by atoms with Crippen LogP contribution in [0.25, 0.3) is 11.4 Å². The van der Waals surface area contributed by atoms with Crippen molar-refractivity contribution in [2.24, 2.45) is 10.7 Å². The molecule has 5 N–H and O–H groups in total. The highest BCUT2D eigenvalue weighted by Crippen LogP contribution is 2.28. The molecular weight excluding hydrogens is 495 g/mol. The van der Waals surface area contributed by atoms with Crippen LogP contribution >= 0.6 is 0 Å². The SMILES string of the molecule is CC(C)(C)N=CC(=CN)Nc1ncnc(-c2ccc(O[C@H]3CCN(C(=O)[C@@H](O)CO)C[C@H]3F)c(C#N)c2)n1. The van der Waals surface area contributed by atoms with Gasteiger partial charge < -0.3 is 30.9 Å². The van der Waals surface area contributed by atoms with E-state index in [4.69, 9.17) is 15.6 Å². The Morgan fingerprint density at radius 3 is 2.84 bits per heavy atom. The van der Waals surface area contributed by atoms with Crippen LogP contribution in [0.2, 0.25) is 0 Å². The van der Waals surface area contributed by atoms with Crippen LogP contribution in [0.1, 0.15) is 32.8 Å². The first-order valence-corrected chi connectivity index (χ1v) is 11.9. The molecule has 0 spiro atoms. The van der Waals surface area contributed by atoms with E-state index in [1.165, 1.54) is 24.7 Å². The van der Waals surface area contributed by atoms with Gasteiger partial charge in [-0.3, -0.25) is 9.79 Å². The Kier molecular flexibility index (Phi) is 9.27. The van der Waals surface area contributed by atoms with Gasteiger partial charge in [-0.25, -0.2) is 14.4 Å². The second kappa shape index (κ2) is 12.4. The van der Waals surface area contributed by atoms with E-state index in [-0.39, 0.29) is 48.1 Å². The minimum Gasteiger partial charge on any atom is -0.486 e. The summed E-state index contributed by atoms with van der Waals surface area (Å²) in [5.41, 5.74) is 6.53. The number of anilines is 1. The van der Waals surface area contributed by atoms with Crippen LogP contribution in [0, 0.1) is 11.3 Å². The zero-order valence-corrected chi connectivity index (χ0v) is 21.4. The van der Waals surface area contributed by atoms with Crippen LogP contribution in [-0.4, -0.2) is 85.8 Å². The third-order valence-electron chi connectivity index (χ3n) is 5.49. The molecule has 1 aliphatic rings. The maximum absolute atomic E-state index is 14.8. The number of aliphatic imine (C=N–C) groups is 1. The Morgan fingerprint density at radius 1 is 1.45 bits per heavy atom. The van der Waals surface area contributed by atoms with Gasteiger partial charge in [0.25, 0.3) is 5.91 Å². The fourth-order valence-electron chi connectivity index (χ4n) is 3.53. The van der Waals surface area contributed by atoms with Crippen LogP contribution in [0.5, 0.6) is 5.75 Å². The molecular formula is C25H31FN8O4. The average Bonchev–Trinajstić information content (AvgIpc) is 2.91. The number of benzene rings is 1. The van der Waals surface area contributed by atoms with Gasteiger partial charge in [0.1, 0.15) is 24.3 Å². The summed E-state index contributed by atoms with van der Waals surface area (Å²) < 4.78 is 20.6. The van der Waals surface area contributed by atoms with Gasteiger partial charge in [0.05, 0.1) is 30.0 Å². The molecule has 12 nitrogen and oxygen atoms in total. The fourth-order valence-corrected chi connectivity index (χ4v) is 3.53. The minimum atomic E-state index is -1.59. The summed E-state index contributed by atoms with van der Waals surface area (Å²) in [5.74, 6) is -0.0539. The summed E-state index contributed by atoms with van der Waals surface area (Å²) in [6, 6.07) is 6.74. The van der Waals surface area contributed by atoms with Crippen molar-refractivity contribution in [3.8, 4) is 23.2 Å². The van der Waals surface area contributed by atoms with Gasteiger partial charge in [-0.05, 0) is 39.0 Å². The number of carbonyl (C=O) groups excluding carboxylic acids is 1. The standard InChI is InChI=1S/C25H31FN8O4/c1-25(2,3)31-11-17(10-28)32-24-30-14-29-22(33-24)15-4-5-20(16(8-15)9-27)38-21-6-7-34(12-18(21)26)23(37)19(36)13-35/h4-5,8,10-11,14,18-19,21,35-36H,6-7,12-13,28H2,1-3H3,(H,29,30,32,33)/t18-,19+,21+/m1/s1. The molecule has 0 saturated carbocycles. The number of allylic oxidation sites excluding steroid dienone is 1. The average molecular weight is 527 g/mol. The molecule has 0 unspecified atom stereocenters. The van der Waals surface area contributed by atoms with Crippen molar-refractivity contribution in [2.45, 2.75) is 51.1 Å². The summed E-state index contributed by atoms with van der Waals surface area (Å²) in [6.07, 6.45) is 0.351. The fraction of sp³-hybridized carbons (Fsp3) is 0.440. The number of ether oxygens (including phenoxy) is 1. The first-order chi connectivity index (χ1) is 18.0. The van der Waals surface area contributed by atoms with E-state index in [1.54, 1.807) is 12.3 Å². The highest BCUT2D eigenvalue weighted by Gasteiger charge is 2.35. The molecule has 0 radical (unpaired) electrons. The summed E-state index contributed by atoms with van der Waals surface area (Å²) >= 11 is 0. The van der Waals surface area contributed by atoms with E-state index < -0.39 is 30.9 Å². The molecule has 2 heterocycles. The molecule has 2 aromatic rings. The highest BCUT2D eigenvalue weighted by atomic mass is 19.1. The Balaban J connectivity index is 1.73. The third kappa shape index (κ3) is 7.44. The van der Waals surface area contributed by atoms with Gasteiger partial charge in [-0.1, -0.05) is 0 Å². The van der Waals surface area contributed by atoms with Crippen molar-refractivity contribution in [1.82, 2.24) is 19.9 Å². The highest BCUT2D eigenvalue weighted by molar-refractivity contribution is 5.82. The zero-order chi connectivity index (χ0) is 27.9. The summed E-state index contributed by atoms with van der Waals surface area (Å²) in [5, 5.41) is 31.1. The molecule has 1 aromatic carbocycles. The van der Waals surface area contributed by atoms with Gasteiger partial charge in [-0.15, -0.1) is 0 Å². The maximum atomic E-state index is 14.8. The number of nitrogens with two attached hydrogens (primary N) is 1. The van der Waals surface area contributed by atoms with Crippen molar-refractivity contribution >= 4 is 18.1 Å². The lowest BCUT2D eigenvalue weighted by Gasteiger charge is -2.35. The number of alkyl halides is 1. The van der Waals surface area contributed by atoms with Gasteiger partial charge >= 0.3 is 0 Å². The number of halogens is 1. The number of aliphatic hydroxyl groups is 2. The second-order valence-corrected chi connectivity index (χ2v) is 9.58.